The van der Waals surface area contributed by atoms with Gasteiger partial charge in [0.2, 0.25) is 0 Å². The van der Waals surface area contributed by atoms with Crippen molar-refractivity contribution >= 4 is 17.8 Å². The van der Waals surface area contributed by atoms with Crippen molar-refractivity contribution in [2.24, 2.45) is 0 Å². The lowest BCUT2D eigenvalue weighted by Gasteiger charge is -2.13. The zero-order valence-electron chi connectivity index (χ0n) is 10.6. The summed E-state index contributed by atoms with van der Waals surface area (Å²) in [7, 11) is 2.69. The summed E-state index contributed by atoms with van der Waals surface area (Å²) >= 11 is 0. The van der Waals surface area contributed by atoms with Gasteiger partial charge in [-0.1, -0.05) is 0 Å². The fraction of sp³-hybridized carbons (Fsp3) is 0.455. The van der Waals surface area contributed by atoms with Crippen LogP contribution in [-0.2, 0) is 14.3 Å². The summed E-state index contributed by atoms with van der Waals surface area (Å²) in [5.74, 6) is -1.10. The van der Waals surface area contributed by atoms with Gasteiger partial charge in [-0.05, 0) is 12.1 Å². The van der Waals surface area contributed by atoms with Crippen molar-refractivity contribution in [3.05, 3.63) is 17.8 Å². The molecule has 0 saturated heterocycles. The monoisotopic (exact) mass is 269 g/mol. The molecule has 104 valence electrons. The molecule has 0 spiro atoms. The number of carboxylic acid groups (broad SMARTS) is 1. The minimum Gasteiger partial charge on any atom is -0.481 e. The van der Waals surface area contributed by atoms with Crippen LogP contribution in [0, 0.1) is 0 Å². The van der Waals surface area contributed by atoms with E-state index in [1.807, 2.05) is 0 Å². The van der Waals surface area contributed by atoms with Crippen LogP contribution in [0.4, 0.5) is 5.82 Å². The number of esters is 1. The molecule has 8 nitrogen and oxygen atoms in total. The Labute approximate surface area is 109 Å². The fourth-order valence-electron chi connectivity index (χ4n) is 1.29. The first-order chi connectivity index (χ1) is 9.06. The summed E-state index contributed by atoms with van der Waals surface area (Å²) in [6.07, 6.45) is -0.587. The van der Waals surface area contributed by atoms with E-state index in [1.165, 1.54) is 20.3 Å². The fourth-order valence-corrected chi connectivity index (χ4v) is 1.29. The minimum absolute atomic E-state index is 0.0990. The van der Waals surface area contributed by atoms with Gasteiger partial charge < -0.3 is 19.9 Å². The Balaban J connectivity index is 2.53. The van der Waals surface area contributed by atoms with Gasteiger partial charge in [-0.25, -0.2) is 4.79 Å². The lowest BCUT2D eigenvalue weighted by Crippen LogP contribution is -2.25. The summed E-state index contributed by atoms with van der Waals surface area (Å²) in [5.41, 5.74) is 0.0990. The van der Waals surface area contributed by atoms with Gasteiger partial charge in [0, 0.05) is 13.7 Å². The van der Waals surface area contributed by atoms with E-state index in [9.17, 15) is 9.59 Å². The minimum atomic E-state index is -0.944. The second-order valence-corrected chi connectivity index (χ2v) is 3.63. The van der Waals surface area contributed by atoms with Crippen molar-refractivity contribution in [1.82, 2.24) is 10.2 Å². The van der Waals surface area contributed by atoms with Crippen LogP contribution >= 0.6 is 0 Å². The maximum atomic E-state index is 11.1. The number of rotatable bonds is 7. The van der Waals surface area contributed by atoms with Crippen LogP contribution in [-0.4, -0.2) is 54.1 Å². The maximum Gasteiger partial charge on any atom is 0.358 e. The number of nitrogens with one attached hydrogen (secondary N) is 1. The Morgan fingerprint density at radius 3 is 2.58 bits per heavy atom. The highest BCUT2D eigenvalue weighted by atomic mass is 16.5. The topological polar surface area (TPSA) is 111 Å². The number of hydrogen-bond acceptors (Lipinski definition) is 7. The van der Waals surface area contributed by atoms with Crippen LogP contribution in [0.3, 0.4) is 0 Å². The molecule has 0 radical (unpaired) electrons. The van der Waals surface area contributed by atoms with Crippen LogP contribution in [0.25, 0.3) is 0 Å². The summed E-state index contributed by atoms with van der Waals surface area (Å²) in [5, 5.41) is 19.0. The molecule has 0 aliphatic heterocycles. The molecule has 1 rings (SSSR count). The van der Waals surface area contributed by atoms with Crippen LogP contribution in [0.1, 0.15) is 16.9 Å². The Morgan fingerprint density at radius 2 is 2.11 bits per heavy atom. The molecule has 8 heteroatoms. The van der Waals surface area contributed by atoms with E-state index in [0.717, 1.165) is 0 Å². The number of ether oxygens (including phenoxy) is 2. The molecule has 0 saturated carbocycles. The Bertz CT molecular complexity index is 434. The first-order valence-corrected chi connectivity index (χ1v) is 5.47. The molecular formula is C11H15N3O5. The van der Waals surface area contributed by atoms with Crippen molar-refractivity contribution in [1.29, 1.82) is 0 Å². The van der Waals surface area contributed by atoms with Gasteiger partial charge in [-0.15, -0.1) is 10.2 Å². The second kappa shape index (κ2) is 7.27. The number of nitrogens with zero attached hydrogens (tertiary/aromatic N) is 2. The average molecular weight is 269 g/mol. The number of methoxy groups -OCH3 is 2. The quantitative estimate of drug-likeness (QED) is 0.674. The van der Waals surface area contributed by atoms with Crippen molar-refractivity contribution in [2.75, 3.05) is 26.1 Å². The number of aromatic nitrogens is 2. The number of hydrogen-bond donors (Lipinski definition) is 2. The SMILES string of the molecule is COC(=O)c1ccc(NCC(CC(=O)O)OC)nn1. The second-order valence-electron chi connectivity index (χ2n) is 3.63. The predicted molar refractivity (Wildman–Crippen MR) is 64.9 cm³/mol. The standard InChI is InChI=1S/C11H15N3O5/c1-18-7(5-10(15)16)6-12-9-4-3-8(13-14-9)11(17)19-2/h3-4,7H,5-6H2,1-2H3,(H,12,14)(H,15,16). The highest BCUT2D eigenvalue weighted by molar-refractivity contribution is 5.86. The molecule has 0 fully saturated rings. The third kappa shape index (κ3) is 4.88. The lowest BCUT2D eigenvalue weighted by molar-refractivity contribution is -0.139. The zero-order chi connectivity index (χ0) is 14.3. The third-order valence-electron chi connectivity index (χ3n) is 2.31. The van der Waals surface area contributed by atoms with Crippen molar-refractivity contribution < 1.29 is 24.2 Å². The zero-order valence-corrected chi connectivity index (χ0v) is 10.6. The predicted octanol–water partition coefficient (Wildman–Crippen LogP) is 0.165. The van der Waals surface area contributed by atoms with Gasteiger partial charge in [0.15, 0.2) is 5.69 Å². The summed E-state index contributed by atoms with van der Waals surface area (Å²) in [6.45, 7) is 0.273. The molecule has 0 amide bonds. The molecule has 0 bridgehead atoms. The number of anilines is 1. The first kappa shape index (κ1) is 14.8. The van der Waals surface area contributed by atoms with Crippen LogP contribution in [0.5, 0.6) is 0 Å². The van der Waals surface area contributed by atoms with Crippen LogP contribution in [0.15, 0.2) is 12.1 Å². The van der Waals surface area contributed by atoms with E-state index < -0.39 is 18.0 Å². The molecule has 1 heterocycles. The number of carbonyl (C=O) groups is 2. The molecule has 1 aromatic rings. The number of aliphatic carboxylic acids is 1. The average Bonchev–Trinajstić information content (AvgIpc) is 2.42. The number of carboxylic acids is 1. The molecule has 0 aromatic carbocycles. The maximum absolute atomic E-state index is 11.1. The Kier molecular flexibility index (Phi) is 5.68. The molecule has 1 aromatic heterocycles. The van der Waals surface area contributed by atoms with E-state index in [4.69, 9.17) is 9.84 Å². The van der Waals surface area contributed by atoms with E-state index in [2.05, 4.69) is 20.3 Å². The summed E-state index contributed by atoms with van der Waals surface area (Å²) < 4.78 is 9.48. The lowest BCUT2D eigenvalue weighted by atomic mass is 10.2. The first-order valence-electron chi connectivity index (χ1n) is 5.47. The van der Waals surface area contributed by atoms with Gasteiger partial charge >= 0.3 is 11.9 Å². The molecule has 1 unspecified atom stereocenters. The summed E-state index contributed by atoms with van der Waals surface area (Å²) in [4.78, 5) is 21.7. The molecule has 2 N–H and O–H groups in total. The highest BCUT2D eigenvalue weighted by Gasteiger charge is 2.13. The van der Waals surface area contributed by atoms with Gasteiger partial charge in [-0.2, -0.15) is 0 Å². The molecule has 1 atom stereocenters. The Morgan fingerprint density at radius 1 is 1.37 bits per heavy atom. The van der Waals surface area contributed by atoms with Gasteiger partial charge in [0.1, 0.15) is 5.82 Å². The molecular weight excluding hydrogens is 254 g/mol. The van der Waals surface area contributed by atoms with Crippen molar-refractivity contribution in [3.8, 4) is 0 Å². The molecule has 19 heavy (non-hydrogen) atoms. The van der Waals surface area contributed by atoms with Crippen LogP contribution in [0.2, 0.25) is 0 Å². The molecule has 0 aliphatic rings. The summed E-state index contributed by atoms with van der Waals surface area (Å²) in [6, 6.07) is 3.01. The normalized spacial score (nSPS) is 11.7. The Hall–Kier alpha value is -2.22. The van der Waals surface area contributed by atoms with E-state index in [0.29, 0.717) is 5.82 Å². The smallest absolute Gasteiger partial charge is 0.358 e. The van der Waals surface area contributed by atoms with E-state index in [-0.39, 0.29) is 18.7 Å². The van der Waals surface area contributed by atoms with Crippen LogP contribution < -0.4 is 5.32 Å². The van der Waals surface area contributed by atoms with Crippen molar-refractivity contribution in [2.45, 2.75) is 12.5 Å². The highest BCUT2D eigenvalue weighted by Crippen LogP contribution is 2.05. The largest absolute Gasteiger partial charge is 0.481 e. The van der Waals surface area contributed by atoms with E-state index >= 15 is 0 Å². The number of carbonyl (C=O) groups excluding carboxylic acids is 1. The van der Waals surface area contributed by atoms with Crippen molar-refractivity contribution in [3.63, 3.8) is 0 Å². The van der Waals surface area contributed by atoms with Gasteiger partial charge in [-0.3, -0.25) is 4.79 Å². The molecule has 0 aliphatic carbocycles. The van der Waals surface area contributed by atoms with E-state index in [1.54, 1.807) is 6.07 Å². The third-order valence-corrected chi connectivity index (χ3v) is 2.31. The van der Waals surface area contributed by atoms with Gasteiger partial charge in [0.05, 0.1) is 19.6 Å². The van der Waals surface area contributed by atoms with Gasteiger partial charge in [0.25, 0.3) is 0 Å².